The smallest absolute Gasteiger partial charge is 0.323 e. The van der Waals surface area contributed by atoms with Crippen molar-refractivity contribution in [3.63, 3.8) is 0 Å². The van der Waals surface area contributed by atoms with Crippen molar-refractivity contribution >= 4 is 29.2 Å². The number of aliphatic hydroxyl groups is 2. The highest BCUT2D eigenvalue weighted by molar-refractivity contribution is 5.98. The minimum absolute atomic E-state index is 0.0166. The fourth-order valence-electron chi connectivity index (χ4n) is 4.56. The molecule has 14 nitrogen and oxygen atoms in total. The molecule has 1 fully saturated rings. The lowest BCUT2D eigenvalue weighted by atomic mass is 9.87. The Morgan fingerprint density at radius 2 is 1.86 bits per heavy atom. The Kier molecular flexibility index (Phi) is 9.08. The highest BCUT2D eigenvalue weighted by atomic mass is 16.6. The second kappa shape index (κ2) is 12.3. The van der Waals surface area contributed by atoms with Crippen LogP contribution in [0.2, 0.25) is 0 Å². The maximum Gasteiger partial charge on any atom is 0.323 e. The lowest BCUT2D eigenvalue weighted by Gasteiger charge is -2.29. The summed E-state index contributed by atoms with van der Waals surface area (Å²) in [5.74, 6) is -2.18. The van der Waals surface area contributed by atoms with E-state index in [0.29, 0.717) is 5.56 Å². The number of rotatable bonds is 9. The first kappa shape index (κ1) is 32.5. The third kappa shape index (κ3) is 6.56. The number of amides is 1. The van der Waals surface area contributed by atoms with Crippen molar-refractivity contribution in [2.75, 3.05) is 11.9 Å². The maximum atomic E-state index is 13.1. The van der Waals surface area contributed by atoms with Crippen LogP contribution in [0, 0.1) is 16.7 Å². The number of ether oxygens (including phenoxy) is 3. The zero-order chi connectivity index (χ0) is 32.4. The van der Waals surface area contributed by atoms with E-state index in [2.05, 4.69) is 15.4 Å². The molecule has 3 heterocycles. The first-order valence-corrected chi connectivity index (χ1v) is 13.9. The van der Waals surface area contributed by atoms with Crippen molar-refractivity contribution in [1.82, 2.24) is 14.6 Å². The summed E-state index contributed by atoms with van der Waals surface area (Å²) in [5, 5.41) is 38.8. The summed E-state index contributed by atoms with van der Waals surface area (Å²) >= 11 is 0. The number of esters is 2. The van der Waals surface area contributed by atoms with Gasteiger partial charge in [-0.1, -0.05) is 51.1 Å². The van der Waals surface area contributed by atoms with Gasteiger partial charge in [0.15, 0.2) is 11.9 Å². The second-order valence-corrected chi connectivity index (χ2v) is 12.2. The molecule has 5 N–H and O–H groups in total. The molecule has 44 heavy (non-hydrogen) atoms. The molecule has 0 radical (unpaired) electrons. The van der Waals surface area contributed by atoms with E-state index in [1.165, 1.54) is 30.5 Å². The minimum atomic E-state index is -2.18. The van der Waals surface area contributed by atoms with E-state index in [1.54, 1.807) is 45.0 Å². The van der Waals surface area contributed by atoms with Gasteiger partial charge in [0.25, 0.3) is 5.91 Å². The SMILES string of the molecule is CC(C)(O)C(=O)Nc1ncnn2c([C@]3(C#N)O[C@H](COC(=O)Cc4ccccc4)[C@@H](OC(=O)[C@@H](N)C(C)(C)C)[C@H]3O)ccc12. The van der Waals surface area contributed by atoms with Gasteiger partial charge in [-0.2, -0.15) is 10.4 Å². The van der Waals surface area contributed by atoms with Gasteiger partial charge < -0.3 is 35.5 Å². The molecular weight excluding hydrogens is 572 g/mol. The molecule has 1 saturated heterocycles. The monoisotopic (exact) mass is 608 g/mol. The second-order valence-electron chi connectivity index (χ2n) is 12.2. The molecule has 4 rings (SSSR count). The van der Waals surface area contributed by atoms with Crippen LogP contribution in [0.3, 0.4) is 0 Å². The van der Waals surface area contributed by atoms with Crippen LogP contribution in [-0.4, -0.2) is 79.2 Å². The van der Waals surface area contributed by atoms with Crippen LogP contribution in [-0.2, 0) is 40.6 Å². The molecular formula is C30H36N6O8. The number of carbonyl (C=O) groups is 3. The summed E-state index contributed by atoms with van der Waals surface area (Å²) in [7, 11) is 0. The quantitative estimate of drug-likeness (QED) is 0.251. The number of nitrogens with zero attached hydrogens (tertiary/aromatic N) is 4. The molecule has 2 aromatic heterocycles. The first-order chi connectivity index (χ1) is 20.6. The Balaban J connectivity index is 1.68. The number of aromatic nitrogens is 3. The van der Waals surface area contributed by atoms with E-state index >= 15 is 0 Å². The molecule has 3 aromatic rings. The first-order valence-electron chi connectivity index (χ1n) is 13.9. The molecule has 0 saturated carbocycles. The molecule has 0 spiro atoms. The van der Waals surface area contributed by atoms with E-state index < -0.39 is 65.4 Å². The van der Waals surface area contributed by atoms with Gasteiger partial charge in [0.2, 0.25) is 5.60 Å². The number of aliphatic hydroxyl groups excluding tert-OH is 1. The summed E-state index contributed by atoms with van der Waals surface area (Å²) in [6.07, 6.45) is -3.47. The van der Waals surface area contributed by atoms with Gasteiger partial charge in [0.1, 0.15) is 48.4 Å². The third-order valence-electron chi connectivity index (χ3n) is 7.26. The fourth-order valence-corrected chi connectivity index (χ4v) is 4.56. The molecule has 5 atom stereocenters. The van der Waals surface area contributed by atoms with E-state index in [9.17, 15) is 29.9 Å². The number of fused-ring (bicyclic) bond motifs is 1. The number of benzene rings is 1. The number of hydrogen-bond donors (Lipinski definition) is 4. The van der Waals surface area contributed by atoms with Crippen molar-refractivity contribution in [3.05, 3.63) is 60.0 Å². The van der Waals surface area contributed by atoms with Crippen molar-refractivity contribution in [3.8, 4) is 6.07 Å². The Bertz CT molecular complexity index is 1570. The summed E-state index contributed by atoms with van der Waals surface area (Å²) in [6, 6.07) is 12.7. The molecule has 0 aliphatic carbocycles. The zero-order valence-electron chi connectivity index (χ0n) is 25.1. The topological polar surface area (TPSA) is 211 Å². The van der Waals surface area contributed by atoms with Crippen molar-refractivity contribution < 1.29 is 38.8 Å². The van der Waals surface area contributed by atoms with Crippen LogP contribution in [0.1, 0.15) is 45.9 Å². The van der Waals surface area contributed by atoms with Crippen LogP contribution >= 0.6 is 0 Å². The van der Waals surface area contributed by atoms with Crippen molar-refractivity contribution in [2.45, 2.75) is 76.6 Å². The van der Waals surface area contributed by atoms with Gasteiger partial charge in [-0.15, -0.1) is 0 Å². The van der Waals surface area contributed by atoms with Crippen molar-refractivity contribution in [2.24, 2.45) is 11.1 Å². The Morgan fingerprint density at radius 1 is 1.18 bits per heavy atom. The Hall–Kier alpha value is -4.42. The van der Waals surface area contributed by atoms with E-state index in [0.717, 1.165) is 6.33 Å². The average molecular weight is 609 g/mol. The predicted octanol–water partition coefficient (Wildman–Crippen LogP) is 0.988. The number of carbonyl (C=O) groups excluding carboxylic acids is 3. The minimum Gasteiger partial charge on any atom is -0.463 e. The van der Waals surface area contributed by atoms with Gasteiger partial charge in [-0.3, -0.25) is 14.4 Å². The third-order valence-corrected chi connectivity index (χ3v) is 7.26. The molecule has 234 valence electrons. The lowest BCUT2D eigenvalue weighted by molar-refractivity contribution is -0.163. The summed E-state index contributed by atoms with van der Waals surface area (Å²) < 4.78 is 18.4. The molecule has 0 unspecified atom stereocenters. The number of nitrogens with two attached hydrogens (primary N) is 1. The maximum absolute atomic E-state index is 13.1. The molecule has 1 aliphatic heterocycles. The largest absolute Gasteiger partial charge is 0.463 e. The van der Waals surface area contributed by atoms with Gasteiger partial charge in [0.05, 0.1) is 12.1 Å². The highest BCUT2D eigenvalue weighted by Gasteiger charge is 2.60. The van der Waals surface area contributed by atoms with Crippen LogP contribution < -0.4 is 11.1 Å². The number of nitrogens with one attached hydrogen (secondary N) is 1. The molecule has 14 heteroatoms. The van der Waals surface area contributed by atoms with Gasteiger partial charge >= 0.3 is 11.9 Å². The number of hydrogen-bond acceptors (Lipinski definition) is 12. The fraction of sp³-hybridized carbons (Fsp3) is 0.467. The summed E-state index contributed by atoms with van der Waals surface area (Å²) in [4.78, 5) is 42.2. The van der Waals surface area contributed by atoms with Gasteiger partial charge in [0, 0.05) is 0 Å². The van der Waals surface area contributed by atoms with Crippen LogP contribution in [0.15, 0.2) is 48.8 Å². The van der Waals surface area contributed by atoms with Crippen LogP contribution in [0.25, 0.3) is 5.52 Å². The highest BCUT2D eigenvalue weighted by Crippen LogP contribution is 2.42. The lowest BCUT2D eigenvalue weighted by Crippen LogP contribution is -2.49. The Morgan fingerprint density at radius 3 is 2.48 bits per heavy atom. The van der Waals surface area contributed by atoms with E-state index in [1.807, 2.05) is 12.1 Å². The number of nitriles is 1. The standard InChI is InChI=1S/C30H36N6O8/c1-28(2,3)23(32)26(39)43-22-19(14-42-21(37)13-17-9-7-6-8-10-17)44-30(15-31,24(22)38)20-12-11-18-25(33-16-34-36(18)20)35-27(40)29(4,5)41/h6-12,16,19,22-24,38,41H,13-14,32H2,1-5H3,(H,33,34,35,40)/t19-,22-,23-,24-,30+/m1/s1. The van der Waals surface area contributed by atoms with Crippen LogP contribution in [0.5, 0.6) is 0 Å². The van der Waals surface area contributed by atoms with Gasteiger partial charge in [-0.25, -0.2) is 9.50 Å². The van der Waals surface area contributed by atoms with E-state index in [4.69, 9.17) is 19.9 Å². The predicted molar refractivity (Wildman–Crippen MR) is 155 cm³/mol. The van der Waals surface area contributed by atoms with Crippen molar-refractivity contribution in [1.29, 1.82) is 5.26 Å². The summed E-state index contributed by atoms with van der Waals surface area (Å²) in [6.45, 7) is 7.37. The van der Waals surface area contributed by atoms with Crippen LogP contribution in [0.4, 0.5) is 5.82 Å². The molecule has 1 amide bonds. The average Bonchev–Trinajstić information content (AvgIpc) is 3.51. The summed E-state index contributed by atoms with van der Waals surface area (Å²) in [5.41, 5.74) is 2.47. The molecule has 1 aliphatic rings. The normalized spacial score (nSPS) is 22.7. The van der Waals surface area contributed by atoms with Gasteiger partial charge in [-0.05, 0) is 37.0 Å². The molecule has 1 aromatic carbocycles. The zero-order valence-corrected chi connectivity index (χ0v) is 25.1. The molecule has 0 bridgehead atoms. The van der Waals surface area contributed by atoms with E-state index in [-0.39, 0.29) is 23.4 Å². The Labute approximate surface area is 253 Å². The number of anilines is 1.